The minimum Gasteiger partial charge on any atom is -0.300 e. The van der Waals surface area contributed by atoms with Crippen molar-refractivity contribution in [2.24, 2.45) is 0 Å². The zero-order chi connectivity index (χ0) is 22.6. The van der Waals surface area contributed by atoms with E-state index in [0.29, 0.717) is 11.8 Å². The van der Waals surface area contributed by atoms with Gasteiger partial charge in [0.25, 0.3) is 15.6 Å². The third kappa shape index (κ3) is 4.91. The van der Waals surface area contributed by atoms with Crippen molar-refractivity contribution in [3.05, 3.63) is 107 Å². The van der Waals surface area contributed by atoms with Crippen molar-refractivity contribution in [2.45, 2.75) is 17.9 Å². The molecule has 3 aromatic carbocycles. The van der Waals surface area contributed by atoms with Crippen LogP contribution in [0.2, 0.25) is 0 Å². The number of hydrogen-bond acceptors (Lipinski definition) is 5. The monoisotopic (exact) mass is 464 g/mol. The van der Waals surface area contributed by atoms with Crippen LogP contribution in [0.1, 0.15) is 11.3 Å². The van der Waals surface area contributed by atoms with Gasteiger partial charge in [-0.05, 0) is 23.8 Å². The molecular formula is C23H20N4O3S2. The molecule has 1 heterocycles. The molecule has 0 fully saturated rings. The lowest BCUT2D eigenvalue weighted by atomic mass is 10.0. The summed E-state index contributed by atoms with van der Waals surface area (Å²) in [6.45, 7) is -0.0713. The van der Waals surface area contributed by atoms with Gasteiger partial charge in [0, 0.05) is 11.8 Å². The van der Waals surface area contributed by atoms with E-state index in [1.54, 1.807) is 30.3 Å². The van der Waals surface area contributed by atoms with Crippen LogP contribution in [0.25, 0.3) is 10.8 Å². The number of nitrogens with zero attached hydrogens (tertiary/aromatic N) is 2. The largest absolute Gasteiger partial charge is 0.300 e. The lowest BCUT2D eigenvalue weighted by molar-refractivity contribution is 0.575. The molecule has 0 atom stereocenters. The molecule has 7 nitrogen and oxygen atoms in total. The average molecular weight is 465 g/mol. The fraction of sp³-hybridized carbons (Fsp3) is 0.0870. The second-order valence-electron chi connectivity index (χ2n) is 7.08. The maximum absolute atomic E-state index is 13.0. The SMILES string of the molecule is O=c1c2ccccc2c(Cc2ccccc2)nn1CC(=S)NNS(=O)(=O)c1ccccc1. The lowest BCUT2D eigenvalue weighted by Crippen LogP contribution is -2.43. The maximum atomic E-state index is 13.0. The molecule has 0 aliphatic carbocycles. The zero-order valence-electron chi connectivity index (χ0n) is 16.9. The number of nitrogens with one attached hydrogen (secondary N) is 2. The second-order valence-corrected chi connectivity index (χ2v) is 9.26. The van der Waals surface area contributed by atoms with Crippen molar-refractivity contribution in [3.8, 4) is 0 Å². The fourth-order valence-electron chi connectivity index (χ4n) is 3.29. The third-order valence-electron chi connectivity index (χ3n) is 4.83. The molecular weight excluding hydrogens is 444 g/mol. The molecule has 0 radical (unpaired) electrons. The number of hydrogen-bond donors (Lipinski definition) is 2. The highest BCUT2D eigenvalue weighted by Gasteiger charge is 2.15. The maximum Gasteiger partial charge on any atom is 0.275 e. The van der Waals surface area contributed by atoms with E-state index >= 15 is 0 Å². The van der Waals surface area contributed by atoms with Crippen molar-refractivity contribution in [1.82, 2.24) is 20.0 Å². The van der Waals surface area contributed by atoms with Gasteiger partial charge in [0.2, 0.25) is 0 Å². The molecule has 9 heteroatoms. The van der Waals surface area contributed by atoms with Gasteiger partial charge >= 0.3 is 0 Å². The van der Waals surface area contributed by atoms with Gasteiger partial charge in [0.15, 0.2) is 0 Å². The molecule has 0 aliphatic heterocycles. The lowest BCUT2D eigenvalue weighted by Gasteiger charge is -2.13. The van der Waals surface area contributed by atoms with E-state index in [4.69, 9.17) is 12.2 Å². The summed E-state index contributed by atoms with van der Waals surface area (Å²) in [6.07, 6.45) is 0.544. The van der Waals surface area contributed by atoms with Gasteiger partial charge in [-0.2, -0.15) is 5.10 Å². The van der Waals surface area contributed by atoms with Crippen LogP contribution >= 0.6 is 12.2 Å². The minimum atomic E-state index is -3.80. The first-order chi connectivity index (χ1) is 15.4. The molecule has 0 saturated heterocycles. The van der Waals surface area contributed by atoms with Crippen molar-refractivity contribution < 1.29 is 8.42 Å². The molecule has 0 bridgehead atoms. The fourth-order valence-corrected chi connectivity index (χ4v) is 4.42. The normalized spacial score (nSPS) is 11.4. The average Bonchev–Trinajstić information content (AvgIpc) is 2.82. The van der Waals surface area contributed by atoms with E-state index < -0.39 is 10.0 Å². The number of aromatic nitrogens is 2. The molecule has 1 aromatic heterocycles. The van der Waals surface area contributed by atoms with E-state index in [1.807, 2.05) is 42.5 Å². The Morgan fingerprint density at radius 3 is 2.16 bits per heavy atom. The van der Waals surface area contributed by atoms with Crippen molar-refractivity contribution in [1.29, 1.82) is 0 Å². The summed E-state index contributed by atoms with van der Waals surface area (Å²) in [5.41, 5.74) is 4.01. The number of fused-ring (bicyclic) bond motifs is 1. The van der Waals surface area contributed by atoms with E-state index in [9.17, 15) is 13.2 Å². The summed E-state index contributed by atoms with van der Waals surface area (Å²) in [7, 11) is -3.80. The zero-order valence-corrected chi connectivity index (χ0v) is 18.6. The first kappa shape index (κ1) is 21.8. The van der Waals surface area contributed by atoms with Crippen LogP contribution in [0.15, 0.2) is 94.6 Å². The second kappa shape index (κ2) is 9.39. The highest BCUT2D eigenvalue weighted by molar-refractivity contribution is 7.89. The van der Waals surface area contributed by atoms with Crippen LogP contribution in [0, 0.1) is 0 Å². The number of benzene rings is 3. The molecule has 32 heavy (non-hydrogen) atoms. The molecule has 0 unspecified atom stereocenters. The summed E-state index contributed by atoms with van der Waals surface area (Å²) in [4.78, 5) is 15.4. The van der Waals surface area contributed by atoms with Crippen LogP contribution in [0.3, 0.4) is 0 Å². The van der Waals surface area contributed by atoms with Crippen molar-refractivity contribution in [3.63, 3.8) is 0 Å². The Labute approximate surface area is 190 Å². The van der Waals surface area contributed by atoms with Crippen LogP contribution in [0.5, 0.6) is 0 Å². The highest BCUT2D eigenvalue weighted by atomic mass is 32.2. The topological polar surface area (TPSA) is 93.1 Å². The molecule has 162 valence electrons. The number of hydrazine groups is 1. The van der Waals surface area contributed by atoms with E-state index in [2.05, 4.69) is 15.4 Å². The summed E-state index contributed by atoms with van der Waals surface area (Å²) >= 11 is 5.27. The standard InChI is InChI=1S/C23H20N4O3S2/c28-23-20-14-8-7-13-19(20)21(15-17-9-3-1-4-10-17)25-27(23)16-22(31)24-26-32(29,30)18-11-5-2-6-12-18/h1-14,26H,15-16H2,(H,24,31). The summed E-state index contributed by atoms with van der Waals surface area (Å²) in [5, 5.41) is 5.85. The van der Waals surface area contributed by atoms with Crippen molar-refractivity contribution >= 4 is 38.0 Å². The molecule has 4 aromatic rings. The molecule has 0 saturated carbocycles. The number of sulfonamides is 1. The van der Waals surface area contributed by atoms with E-state index in [1.165, 1.54) is 16.8 Å². The minimum absolute atomic E-state index is 0.0713. The quantitative estimate of drug-likeness (QED) is 0.323. The summed E-state index contributed by atoms with van der Waals surface area (Å²) < 4.78 is 26.0. The van der Waals surface area contributed by atoms with Crippen molar-refractivity contribution in [2.75, 3.05) is 0 Å². The van der Waals surface area contributed by atoms with Crippen LogP contribution in [0.4, 0.5) is 0 Å². The Hall–Kier alpha value is -3.40. The first-order valence-corrected chi connectivity index (χ1v) is 11.7. The smallest absolute Gasteiger partial charge is 0.275 e. The molecule has 0 spiro atoms. The molecule has 0 amide bonds. The Bertz CT molecular complexity index is 1420. The number of thiocarbonyl (C=S) groups is 1. The number of rotatable bonds is 7. The van der Waals surface area contributed by atoms with Crippen LogP contribution in [-0.2, 0) is 23.0 Å². The van der Waals surface area contributed by atoms with Gasteiger partial charge < -0.3 is 5.43 Å². The Morgan fingerprint density at radius 2 is 1.47 bits per heavy atom. The highest BCUT2D eigenvalue weighted by Crippen LogP contribution is 2.17. The molecule has 4 rings (SSSR count). The summed E-state index contributed by atoms with van der Waals surface area (Å²) in [5.74, 6) is 0. The predicted octanol–water partition coefficient (Wildman–Crippen LogP) is 2.80. The Balaban J connectivity index is 1.58. The van der Waals surface area contributed by atoms with Gasteiger partial charge in [-0.3, -0.25) is 4.79 Å². The van der Waals surface area contributed by atoms with Gasteiger partial charge in [0.05, 0.1) is 22.5 Å². The Kier molecular flexibility index (Phi) is 6.40. The third-order valence-corrected chi connectivity index (χ3v) is 6.33. The summed E-state index contributed by atoms with van der Waals surface area (Å²) in [6, 6.07) is 25.0. The van der Waals surface area contributed by atoms with Gasteiger partial charge in [-0.25, -0.2) is 13.1 Å². The van der Waals surface area contributed by atoms with E-state index in [0.717, 1.165) is 16.6 Å². The van der Waals surface area contributed by atoms with Gasteiger partial charge in [-0.15, -0.1) is 4.83 Å². The van der Waals surface area contributed by atoms with Crippen LogP contribution in [-0.4, -0.2) is 23.2 Å². The van der Waals surface area contributed by atoms with Crippen LogP contribution < -0.4 is 15.8 Å². The van der Waals surface area contributed by atoms with E-state index in [-0.39, 0.29) is 22.0 Å². The first-order valence-electron chi connectivity index (χ1n) is 9.82. The Morgan fingerprint density at radius 1 is 0.875 bits per heavy atom. The molecule has 2 N–H and O–H groups in total. The molecule has 0 aliphatic rings. The van der Waals surface area contributed by atoms with Gasteiger partial charge in [-0.1, -0.05) is 78.9 Å². The predicted molar refractivity (Wildman–Crippen MR) is 128 cm³/mol. The van der Waals surface area contributed by atoms with Gasteiger partial charge in [0.1, 0.15) is 4.99 Å².